The summed E-state index contributed by atoms with van der Waals surface area (Å²) in [5.41, 5.74) is 5.70. The summed E-state index contributed by atoms with van der Waals surface area (Å²) in [6.07, 6.45) is 0.838. The van der Waals surface area contributed by atoms with E-state index < -0.39 is 5.56 Å². The molecule has 0 radical (unpaired) electrons. The van der Waals surface area contributed by atoms with E-state index in [-0.39, 0.29) is 22.5 Å². The molecule has 0 unspecified atom stereocenters. The first kappa shape index (κ1) is 19.6. The third kappa shape index (κ3) is 3.75. The van der Waals surface area contributed by atoms with Gasteiger partial charge in [-0.15, -0.1) is 0 Å². The first-order valence-electron chi connectivity index (χ1n) is 7.93. The Labute approximate surface area is 164 Å². The van der Waals surface area contributed by atoms with Gasteiger partial charge in [0.1, 0.15) is 29.1 Å². The van der Waals surface area contributed by atoms with Crippen LogP contribution in [0, 0.1) is 26.2 Å². The van der Waals surface area contributed by atoms with Gasteiger partial charge in [0, 0.05) is 5.56 Å². The predicted octanol–water partition coefficient (Wildman–Crippen LogP) is 3.16. The molecule has 0 aliphatic carbocycles. The van der Waals surface area contributed by atoms with Gasteiger partial charge in [-0.3, -0.25) is 4.79 Å². The molecule has 2 rings (SSSR count). The van der Waals surface area contributed by atoms with Crippen molar-refractivity contribution in [1.82, 2.24) is 4.98 Å². The molecule has 0 aliphatic heterocycles. The fourth-order valence-corrected chi connectivity index (χ4v) is 3.21. The fraction of sp³-hybridized carbons (Fsp3) is 0.278. The third-order valence-electron chi connectivity index (χ3n) is 3.52. The van der Waals surface area contributed by atoms with Gasteiger partial charge in [0.2, 0.25) is 0 Å². The Morgan fingerprint density at radius 1 is 1.19 bits per heavy atom. The molecule has 8 heteroatoms. The molecule has 7 nitrogen and oxygen atoms in total. The summed E-state index contributed by atoms with van der Waals surface area (Å²) in [4.78, 5) is 14.4. The first-order chi connectivity index (χ1) is 12.5. The molecule has 1 aromatic heterocycles. The van der Waals surface area contributed by atoms with E-state index in [1.54, 1.807) is 12.1 Å². The Morgan fingerprint density at radius 3 is 2.46 bits per heavy atom. The summed E-state index contributed by atoms with van der Waals surface area (Å²) < 4.78 is 12.2. The largest absolute Gasteiger partial charge is 0.490 e. The molecule has 0 fully saturated rings. The number of anilines is 1. The third-order valence-corrected chi connectivity index (χ3v) is 4.32. The van der Waals surface area contributed by atoms with E-state index in [1.165, 1.54) is 0 Å². The second kappa shape index (κ2) is 8.59. The Balaban J connectivity index is 2.80. The number of hydrogen-bond acceptors (Lipinski definition) is 6. The summed E-state index contributed by atoms with van der Waals surface area (Å²) in [6.45, 7) is 4.78. The van der Waals surface area contributed by atoms with Crippen LogP contribution in [-0.2, 0) is 0 Å². The van der Waals surface area contributed by atoms with Gasteiger partial charge < -0.3 is 20.2 Å². The molecule has 26 heavy (non-hydrogen) atoms. The minimum Gasteiger partial charge on any atom is -0.490 e. The quantitative estimate of drug-likeness (QED) is 0.633. The second-order valence-corrected chi connectivity index (χ2v) is 6.45. The minimum atomic E-state index is -0.640. The zero-order valence-corrected chi connectivity index (χ0v) is 16.5. The van der Waals surface area contributed by atoms with Gasteiger partial charge in [-0.1, -0.05) is 6.92 Å². The Hall–Kier alpha value is -2.72. The molecule has 1 heterocycles. The lowest BCUT2D eigenvalue weighted by atomic mass is 9.96. The number of ether oxygens (including phenoxy) is 2. The highest BCUT2D eigenvalue weighted by atomic mass is 127. The highest BCUT2D eigenvalue weighted by Gasteiger charge is 2.21. The van der Waals surface area contributed by atoms with Gasteiger partial charge in [0.15, 0.2) is 11.5 Å². The molecule has 134 valence electrons. The standard InChI is InChI=1S/C18H17IN4O3/c1-3-5-26-16-13(19)6-10(7-14(16)25-4-2)15-11(8-20)17(22)23-18(24)12(15)9-21/h6-7H,3-5H2,1-2H3,(H3,22,23,24). The van der Waals surface area contributed by atoms with Crippen LogP contribution >= 0.6 is 22.6 Å². The number of nitrogen functional groups attached to an aromatic ring is 1. The lowest BCUT2D eigenvalue weighted by Gasteiger charge is -2.16. The number of nitrogens with zero attached hydrogens (tertiary/aromatic N) is 2. The van der Waals surface area contributed by atoms with Crippen LogP contribution in [0.2, 0.25) is 0 Å². The summed E-state index contributed by atoms with van der Waals surface area (Å²) >= 11 is 2.09. The van der Waals surface area contributed by atoms with Crippen LogP contribution in [0.1, 0.15) is 31.4 Å². The van der Waals surface area contributed by atoms with Crippen LogP contribution in [0.4, 0.5) is 5.82 Å². The van der Waals surface area contributed by atoms with Crippen molar-refractivity contribution >= 4 is 28.4 Å². The van der Waals surface area contributed by atoms with Crippen molar-refractivity contribution < 1.29 is 9.47 Å². The van der Waals surface area contributed by atoms with Crippen LogP contribution in [-0.4, -0.2) is 18.2 Å². The van der Waals surface area contributed by atoms with Gasteiger partial charge in [-0.25, -0.2) is 0 Å². The van der Waals surface area contributed by atoms with Crippen molar-refractivity contribution in [2.45, 2.75) is 20.3 Å². The average Bonchev–Trinajstić information content (AvgIpc) is 2.60. The summed E-state index contributed by atoms with van der Waals surface area (Å²) in [6, 6.07) is 7.22. The van der Waals surface area contributed by atoms with Crippen molar-refractivity contribution in [3.8, 4) is 34.8 Å². The number of nitriles is 2. The maximum Gasteiger partial charge on any atom is 0.268 e. The first-order valence-corrected chi connectivity index (χ1v) is 9.01. The van der Waals surface area contributed by atoms with E-state index >= 15 is 0 Å². The number of H-pyrrole nitrogens is 1. The number of hydrogen-bond donors (Lipinski definition) is 2. The van der Waals surface area contributed by atoms with E-state index in [2.05, 4.69) is 27.6 Å². The highest BCUT2D eigenvalue weighted by molar-refractivity contribution is 14.1. The van der Waals surface area contributed by atoms with Crippen LogP contribution in [0.25, 0.3) is 11.1 Å². The van der Waals surface area contributed by atoms with Gasteiger partial charge in [-0.2, -0.15) is 10.5 Å². The molecule has 0 amide bonds. The van der Waals surface area contributed by atoms with Crippen LogP contribution in [0.15, 0.2) is 16.9 Å². The van der Waals surface area contributed by atoms with E-state index in [1.807, 2.05) is 26.0 Å². The maximum absolute atomic E-state index is 12.1. The van der Waals surface area contributed by atoms with E-state index in [4.69, 9.17) is 15.2 Å². The number of rotatable bonds is 6. The van der Waals surface area contributed by atoms with Crippen molar-refractivity contribution in [2.75, 3.05) is 18.9 Å². The zero-order valence-electron chi connectivity index (χ0n) is 14.4. The van der Waals surface area contributed by atoms with Gasteiger partial charge >= 0.3 is 0 Å². The molecule has 0 bridgehead atoms. The number of nitrogens with one attached hydrogen (secondary N) is 1. The number of benzene rings is 1. The average molecular weight is 464 g/mol. The monoisotopic (exact) mass is 464 g/mol. The van der Waals surface area contributed by atoms with E-state index in [0.717, 1.165) is 9.99 Å². The van der Waals surface area contributed by atoms with E-state index in [9.17, 15) is 15.3 Å². The highest BCUT2D eigenvalue weighted by Crippen LogP contribution is 2.39. The molecule has 0 atom stereocenters. The van der Waals surface area contributed by atoms with Crippen molar-refractivity contribution in [2.24, 2.45) is 0 Å². The lowest BCUT2D eigenvalue weighted by molar-refractivity contribution is 0.275. The molecule has 2 aromatic rings. The molecule has 0 aliphatic rings. The molecular weight excluding hydrogens is 447 g/mol. The van der Waals surface area contributed by atoms with Gasteiger partial charge in [0.05, 0.1) is 16.8 Å². The van der Waals surface area contributed by atoms with Gasteiger partial charge in [-0.05, 0) is 53.6 Å². The lowest BCUT2D eigenvalue weighted by Crippen LogP contribution is -2.16. The van der Waals surface area contributed by atoms with Crippen LogP contribution in [0.5, 0.6) is 11.5 Å². The summed E-state index contributed by atoms with van der Waals surface area (Å²) in [5, 5.41) is 18.9. The molecular formula is C18H17IN4O3. The molecule has 0 spiro atoms. The topological polar surface area (TPSA) is 125 Å². The van der Waals surface area contributed by atoms with Crippen molar-refractivity contribution in [3.63, 3.8) is 0 Å². The van der Waals surface area contributed by atoms with Crippen molar-refractivity contribution in [3.05, 3.63) is 37.2 Å². The Kier molecular flexibility index (Phi) is 6.47. The fourth-order valence-electron chi connectivity index (χ4n) is 2.45. The SMILES string of the molecule is CCCOc1c(I)cc(-c2c(C#N)c(N)[nH]c(=O)c2C#N)cc1OCC. The van der Waals surface area contributed by atoms with Gasteiger partial charge in [0.25, 0.3) is 5.56 Å². The zero-order chi connectivity index (χ0) is 19.3. The molecule has 3 N–H and O–H groups in total. The maximum atomic E-state index is 12.1. The normalized spacial score (nSPS) is 10.0. The number of aromatic nitrogens is 1. The molecule has 0 saturated carbocycles. The van der Waals surface area contributed by atoms with Crippen molar-refractivity contribution in [1.29, 1.82) is 10.5 Å². The van der Waals surface area contributed by atoms with Crippen LogP contribution in [0.3, 0.4) is 0 Å². The Bertz CT molecular complexity index is 970. The number of nitrogens with two attached hydrogens (primary N) is 1. The predicted molar refractivity (Wildman–Crippen MR) is 106 cm³/mol. The second-order valence-electron chi connectivity index (χ2n) is 5.28. The minimum absolute atomic E-state index is 0.0432. The number of aromatic amines is 1. The van der Waals surface area contributed by atoms with Crippen LogP contribution < -0.4 is 20.8 Å². The summed E-state index contributed by atoms with van der Waals surface area (Å²) in [5.74, 6) is 0.994. The Morgan fingerprint density at radius 2 is 1.88 bits per heavy atom. The molecule has 0 saturated heterocycles. The van der Waals surface area contributed by atoms with E-state index in [0.29, 0.717) is 30.3 Å². The summed E-state index contributed by atoms with van der Waals surface area (Å²) in [7, 11) is 0. The molecule has 1 aromatic carbocycles. The number of pyridine rings is 1. The smallest absolute Gasteiger partial charge is 0.268 e. The number of halogens is 1.